The van der Waals surface area contributed by atoms with Crippen LogP contribution in [0.1, 0.15) is 20.3 Å². The minimum absolute atomic E-state index is 0.490. The van der Waals surface area contributed by atoms with Crippen molar-refractivity contribution in [1.29, 1.82) is 0 Å². The second-order valence-electron chi connectivity index (χ2n) is 7.38. The summed E-state index contributed by atoms with van der Waals surface area (Å²) in [6.45, 7) is 5.30. The molecule has 0 aliphatic heterocycles. The van der Waals surface area contributed by atoms with Gasteiger partial charge in [0.1, 0.15) is 0 Å². The Labute approximate surface area is 174 Å². The van der Waals surface area contributed by atoms with Crippen molar-refractivity contribution in [2.45, 2.75) is 26.8 Å². The Hall–Kier alpha value is -2.99. The molecule has 0 saturated carbocycles. The van der Waals surface area contributed by atoms with Gasteiger partial charge in [0.05, 0.1) is 29.5 Å². The van der Waals surface area contributed by atoms with Crippen molar-refractivity contribution in [1.82, 2.24) is 25.0 Å². The van der Waals surface area contributed by atoms with Crippen LogP contribution >= 0.6 is 11.6 Å². The molecule has 29 heavy (non-hydrogen) atoms. The number of methoxy groups -OCH3 is 1. The van der Waals surface area contributed by atoms with Crippen LogP contribution in [0.3, 0.4) is 0 Å². The molecule has 0 unspecified atom stereocenters. The monoisotopic (exact) mass is 407 g/mol. The molecule has 6 nitrogen and oxygen atoms in total. The van der Waals surface area contributed by atoms with Gasteiger partial charge in [0.25, 0.3) is 0 Å². The molecule has 7 heteroatoms. The van der Waals surface area contributed by atoms with Gasteiger partial charge in [0.15, 0.2) is 0 Å². The van der Waals surface area contributed by atoms with E-state index < -0.39 is 0 Å². The Morgan fingerprint density at radius 1 is 1.07 bits per heavy atom. The van der Waals surface area contributed by atoms with Crippen LogP contribution in [0.2, 0.25) is 5.02 Å². The number of halogens is 1. The summed E-state index contributed by atoms with van der Waals surface area (Å²) in [5.41, 5.74) is 4.48. The van der Waals surface area contributed by atoms with Crippen LogP contribution in [0, 0.1) is 5.92 Å². The topological polar surface area (TPSA) is 65.7 Å². The van der Waals surface area contributed by atoms with Gasteiger partial charge in [-0.1, -0.05) is 37.6 Å². The van der Waals surface area contributed by atoms with Crippen LogP contribution in [0.25, 0.3) is 33.3 Å². The quantitative estimate of drug-likeness (QED) is 0.436. The summed E-state index contributed by atoms with van der Waals surface area (Å²) in [5, 5.41) is 14.4. The first-order valence-electron chi connectivity index (χ1n) is 9.53. The summed E-state index contributed by atoms with van der Waals surface area (Å²) >= 11 is 6.27. The van der Waals surface area contributed by atoms with Gasteiger partial charge in [0.2, 0.25) is 5.88 Å². The van der Waals surface area contributed by atoms with Crippen molar-refractivity contribution in [3.63, 3.8) is 0 Å². The third-order valence-corrected chi connectivity index (χ3v) is 4.99. The number of hydrogen-bond donors (Lipinski definition) is 0. The molecule has 3 heterocycles. The molecule has 0 bridgehead atoms. The third kappa shape index (κ3) is 4.22. The Morgan fingerprint density at radius 2 is 1.93 bits per heavy atom. The van der Waals surface area contributed by atoms with E-state index in [1.807, 2.05) is 47.4 Å². The number of aromatic nitrogens is 5. The molecule has 0 fully saturated rings. The smallest absolute Gasteiger partial charge is 0.233 e. The molecule has 3 aromatic heterocycles. The average molecular weight is 408 g/mol. The molecule has 0 aliphatic rings. The largest absolute Gasteiger partial charge is 0.480 e. The van der Waals surface area contributed by atoms with E-state index in [0.29, 0.717) is 16.8 Å². The van der Waals surface area contributed by atoms with Crippen LogP contribution in [0.4, 0.5) is 0 Å². The highest BCUT2D eigenvalue weighted by Crippen LogP contribution is 2.33. The van der Waals surface area contributed by atoms with Crippen LogP contribution < -0.4 is 4.74 Å². The molecular formula is C22H22ClN5O. The van der Waals surface area contributed by atoms with E-state index in [0.717, 1.165) is 46.3 Å². The molecule has 1 aromatic carbocycles. The zero-order valence-electron chi connectivity index (χ0n) is 16.6. The van der Waals surface area contributed by atoms with E-state index in [-0.39, 0.29) is 0 Å². The fourth-order valence-corrected chi connectivity index (χ4v) is 3.33. The summed E-state index contributed by atoms with van der Waals surface area (Å²) < 4.78 is 7.12. The van der Waals surface area contributed by atoms with E-state index in [4.69, 9.17) is 16.3 Å². The third-order valence-electron chi connectivity index (χ3n) is 4.78. The number of ether oxygens (including phenoxy) is 1. The highest BCUT2D eigenvalue weighted by atomic mass is 35.5. The van der Waals surface area contributed by atoms with Crippen LogP contribution in [0.15, 0.2) is 48.9 Å². The molecule has 0 amide bonds. The second-order valence-corrected chi connectivity index (χ2v) is 7.82. The van der Waals surface area contributed by atoms with Gasteiger partial charge in [-0.2, -0.15) is 5.10 Å². The summed E-state index contributed by atoms with van der Waals surface area (Å²) in [6.07, 6.45) is 6.65. The summed E-state index contributed by atoms with van der Waals surface area (Å²) in [7, 11) is 1.58. The number of pyridine rings is 1. The first-order chi connectivity index (χ1) is 14.0. The van der Waals surface area contributed by atoms with Gasteiger partial charge in [-0.25, -0.2) is 0 Å². The molecule has 0 radical (unpaired) electrons. The summed E-state index contributed by atoms with van der Waals surface area (Å²) in [5.74, 6) is 1.12. The number of aryl methyl sites for hydroxylation is 1. The molecule has 0 aliphatic carbocycles. The predicted molar refractivity (Wildman–Crippen MR) is 115 cm³/mol. The van der Waals surface area contributed by atoms with Gasteiger partial charge < -0.3 is 4.74 Å². The molecule has 0 N–H and O–H groups in total. The zero-order chi connectivity index (χ0) is 20.4. The van der Waals surface area contributed by atoms with Crippen molar-refractivity contribution in [3.8, 4) is 28.3 Å². The molecular weight excluding hydrogens is 386 g/mol. The zero-order valence-corrected chi connectivity index (χ0v) is 17.4. The van der Waals surface area contributed by atoms with Crippen molar-refractivity contribution >= 4 is 22.5 Å². The maximum absolute atomic E-state index is 6.27. The van der Waals surface area contributed by atoms with Crippen molar-refractivity contribution < 1.29 is 4.74 Å². The minimum atomic E-state index is 0.490. The highest BCUT2D eigenvalue weighted by molar-refractivity contribution is 6.30. The van der Waals surface area contributed by atoms with Crippen LogP contribution in [0.5, 0.6) is 5.88 Å². The Morgan fingerprint density at radius 3 is 2.72 bits per heavy atom. The SMILES string of the molecule is COc1cc2ccc(-c3ncc(Cl)cc3-c3cnn(CCC(C)C)c3)cc2nn1. The summed E-state index contributed by atoms with van der Waals surface area (Å²) in [4.78, 5) is 4.61. The lowest BCUT2D eigenvalue weighted by Crippen LogP contribution is -2.01. The first-order valence-corrected chi connectivity index (χ1v) is 9.91. The number of hydrogen-bond acceptors (Lipinski definition) is 5. The Balaban J connectivity index is 1.74. The highest BCUT2D eigenvalue weighted by Gasteiger charge is 2.13. The van der Waals surface area contributed by atoms with Gasteiger partial charge >= 0.3 is 0 Å². The lowest BCUT2D eigenvalue weighted by molar-refractivity contribution is 0.393. The number of benzene rings is 1. The van der Waals surface area contributed by atoms with Crippen LogP contribution in [-0.2, 0) is 6.54 Å². The lowest BCUT2D eigenvalue weighted by atomic mass is 10.0. The van der Waals surface area contributed by atoms with E-state index in [1.54, 1.807) is 13.3 Å². The Kier molecular flexibility index (Phi) is 5.45. The molecule has 148 valence electrons. The van der Waals surface area contributed by atoms with Crippen molar-refractivity contribution in [2.24, 2.45) is 5.92 Å². The van der Waals surface area contributed by atoms with Gasteiger partial charge in [-0.3, -0.25) is 9.67 Å². The number of nitrogens with zero attached hydrogens (tertiary/aromatic N) is 5. The molecule has 0 atom stereocenters. The lowest BCUT2D eigenvalue weighted by Gasteiger charge is -2.09. The van der Waals surface area contributed by atoms with Crippen molar-refractivity contribution in [3.05, 3.63) is 53.9 Å². The minimum Gasteiger partial charge on any atom is -0.480 e. The van der Waals surface area contributed by atoms with E-state index in [2.05, 4.69) is 34.1 Å². The number of fused-ring (bicyclic) bond motifs is 1. The van der Waals surface area contributed by atoms with Gasteiger partial charge in [-0.15, -0.1) is 10.2 Å². The second kappa shape index (κ2) is 8.17. The van der Waals surface area contributed by atoms with Crippen LogP contribution in [-0.4, -0.2) is 32.1 Å². The normalized spacial score (nSPS) is 11.3. The van der Waals surface area contributed by atoms with Crippen molar-refractivity contribution in [2.75, 3.05) is 7.11 Å². The van der Waals surface area contributed by atoms with E-state index in [9.17, 15) is 0 Å². The molecule has 0 saturated heterocycles. The maximum Gasteiger partial charge on any atom is 0.233 e. The molecule has 4 rings (SSSR count). The summed E-state index contributed by atoms with van der Waals surface area (Å²) in [6, 6.07) is 9.78. The predicted octanol–water partition coefficient (Wildman–Crippen LogP) is 5.26. The number of rotatable bonds is 6. The Bertz CT molecular complexity index is 1160. The van der Waals surface area contributed by atoms with E-state index in [1.165, 1.54) is 0 Å². The fraction of sp³-hybridized carbons (Fsp3) is 0.273. The average Bonchev–Trinajstić information content (AvgIpc) is 3.20. The molecule has 4 aromatic rings. The maximum atomic E-state index is 6.27. The van der Waals surface area contributed by atoms with Gasteiger partial charge in [-0.05, 0) is 24.5 Å². The molecule has 0 spiro atoms. The van der Waals surface area contributed by atoms with E-state index >= 15 is 0 Å². The van der Waals surface area contributed by atoms with Gasteiger partial charge in [0, 0.05) is 47.1 Å². The standard InChI is InChI=1S/C22H22ClN5O/c1-14(2)6-7-28-13-17(11-25-28)19-10-18(23)12-24-22(19)16-5-4-15-9-21(29-3)27-26-20(15)8-16/h4-5,8-14H,6-7H2,1-3H3. The first kappa shape index (κ1) is 19.3. The fourth-order valence-electron chi connectivity index (χ4n) is 3.17.